The normalized spacial score (nSPS) is 24.8. The summed E-state index contributed by atoms with van der Waals surface area (Å²) in [6.07, 6.45) is 4.57. The van der Waals surface area contributed by atoms with Crippen molar-refractivity contribution in [1.82, 2.24) is 5.32 Å². The van der Waals surface area contributed by atoms with E-state index >= 15 is 0 Å². The predicted molar refractivity (Wildman–Crippen MR) is 94.8 cm³/mol. The first kappa shape index (κ1) is 15.1. The van der Waals surface area contributed by atoms with Crippen LogP contribution in [-0.2, 0) is 10.2 Å². The summed E-state index contributed by atoms with van der Waals surface area (Å²) in [6.45, 7) is 7.03. The lowest BCUT2D eigenvalue weighted by Gasteiger charge is -2.49. The zero-order chi connectivity index (χ0) is 16.9. The number of hydrogen-bond acceptors (Lipinski definition) is 3. The molecular weight excluding hydrogens is 300 g/mol. The first-order valence-electron chi connectivity index (χ1n) is 8.38. The van der Waals surface area contributed by atoms with Crippen molar-refractivity contribution in [3.8, 4) is 0 Å². The van der Waals surface area contributed by atoms with Crippen LogP contribution in [0.25, 0.3) is 6.08 Å². The fourth-order valence-electron chi connectivity index (χ4n) is 4.06. The standard InChI is InChI=1S/C20H22N2O2/c1-14-8-9-15(24-14)10-12-20-19(2,3)16-6-4-5-7-17(16)22(20)13-11-18(23)21-20/h4-10,12H,11,13H2,1-3H3,(H,21,23)/b12-10+. The Labute approximate surface area is 142 Å². The second kappa shape index (κ2) is 5.00. The maximum Gasteiger partial charge on any atom is 0.223 e. The number of hydrogen-bond donors (Lipinski definition) is 1. The fourth-order valence-corrected chi connectivity index (χ4v) is 4.06. The molecule has 4 rings (SSSR count). The van der Waals surface area contributed by atoms with Gasteiger partial charge in [-0.25, -0.2) is 0 Å². The maximum absolute atomic E-state index is 12.3. The summed E-state index contributed by atoms with van der Waals surface area (Å²) in [5.41, 5.74) is 1.63. The van der Waals surface area contributed by atoms with E-state index in [0.29, 0.717) is 13.0 Å². The molecule has 0 bridgehead atoms. The number of furan rings is 1. The van der Waals surface area contributed by atoms with E-state index in [0.717, 1.165) is 11.5 Å². The summed E-state index contributed by atoms with van der Waals surface area (Å²) < 4.78 is 5.67. The number of carbonyl (C=O) groups excluding carboxylic acids is 1. The molecule has 2 aliphatic rings. The molecule has 124 valence electrons. The van der Waals surface area contributed by atoms with Gasteiger partial charge < -0.3 is 14.6 Å². The number of carbonyl (C=O) groups is 1. The summed E-state index contributed by atoms with van der Waals surface area (Å²) in [4.78, 5) is 14.6. The molecule has 1 fully saturated rings. The first-order valence-corrected chi connectivity index (χ1v) is 8.38. The number of amides is 1. The monoisotopic (exact) mass is 322 g/mol. The van der Waals surface area contributed by atoms with E-state index in [1.54, 1.807) is 0 Å². The highest BCUT2D eigenvalue weighted by atomic mass is 16.3. The van der Waals surface area contributed by atoms with Crippen LogP contribution in [-0.4, -0.2) is 18.1 Å². The molecule has 1 amide bonds. The highest BCUT2D eigenvalue weighted by Gasteiger charge is 2.57. The lowest BCUT2D eigenvalue weighted by Crippen LogP contribution is -2.68. The third-order valence-electron chi connectivity index (χ3n) is 5.39. The van der Waals surface area contributed by atoms with Crippen LogP contribution in [0.5, 0.6) is 0 Å². The number of fused-ring (bicyclic) bond motifs is 3. The number of nitrogens with zero attached hydrogens (tertiary/aromatic N) is 1. The molecule has 2 aromatic rings. The van der Waals surface area contributed by atoms with Crippen molar-refractivity contribution in [2.45, 2.75) is 38.3 Å². The van der Waals surface area contributed by atoms with Crippen molar-refractivity contribution in [2.24, 2.45) is 0 Å². The van der Waals surface area contributed by atoms with E-state index in [9.17, 15) is 4.79 Å². The molecule has 4 heteroatoms. The van der Waals surface area contributed by atoms with E-state index in [1.165, 1.54) is 11.3 Å². The van der Waals surface area contributed by atoms with Gasteiger partial charge in [0.1, 0.15) is 17.2 Å². The van der Waals surface area contributed by atoms with Gasteiger partial charge in [0.05, 0.1) is 0 Å². The second-order valence-corrected chi connectivity index (χ2v) is 7.14. The SMILES string of the molecule is Cc1ccc(/C=C/C23NC(=O)CCN2c2ccccc2C3(C)C)o1. The van der Waals surface area contributed by atoms with Crippen LogP contribution < -0.4 is 10.2 Å². The minimum Gasteiger partial charge on any atom is -0.462 e. The molecule has 3 heterocycles. The smallest absolute Gasteiger partial charge is 0.223 e. The highest BCUT2D eigenvalue weighted by molar-refractivity contribution is 5.84. The molecule has 1 aromatic carbocycles. The molecule has 1 N–H and O–H groups in total. The van der Waals surface area contributed by atoms with Gasteiger partial charge in [-0.15, -0.1) is 0 Å². The van der Waals surface area contributed by atoms with Crippen molar-refractivity contribution in [2.75, 3.05) is 11.4 Å². The molecule has 4 nitrogen and oxygen atoms in total. The number of aryl methyl sites for hydroxylation is 1. The van der Waals surface area contributed by atoms with Crippen LogP contribution in [0, 0.1) is 6.92 Å². The molecule has 0 aliphatic carbocycles. The topological polar surface area (TPSA) is 45.5 Å². The summed E-state index contributed by atoms with van der Waals surface area (Å²) >= 11 is 0. The highest BCUT2D eigenvalue weighted by Crippen LogP contribution is 2.52. The average molecular weight is 322 g/mol. The van der Waals surface area contributed by atoms with Gasteiger partial charge >= 0.3 is 0 Å². The Morgan fingerprint density at radius 2 is 2.00 bits per heavy atom. The molecule has 0 spiro atoms. The average Bonchev–Trinajstić information content (AvgIpc) is 3.05. The Balaban J connectivity index is 1.85. The number of anilines is 1. The molecular formula is C20H22N2O2. The zero-order valence-corrected chi connectivity index (χ0v) is 14.3. The van der Waals surface area contributed by atoms with E-state index in [-0.39, 0.29) is 11.3 Å². The van der Waals surface area contributed by atoms with E-state index in [2.05, 4.69) is 54.4 Å². The van der Waals surface area contributed by atoms with Gasteiger partial charge in [-0.1, -0.05) is 32.0 Å². The van der Waals surface area contributed by atoms with Crippen LogP contribution in [0.2, 0.25) is 0 Å². The quantitative estimate of drug-likeness (QED) is 0.918. The second-order valence-electron chi connectivity index (χ2n) is 7.14. The first-order chi connectivity index (χ1) is 11.4. The predicted octanol–water partition coefficient (Wildman–Crippen LogP) is 3.62. The Morgan fingerprint density at radius 1 is 1.21 bits per heavy atom. The summed E-state index contributed by atoms with van der Waals surface area (Å²) in [7, 11) is 0. The van der Waals surface area contributed by atoms with E-state index in [1.807, 2.05) is 25.1 Å². The van der Waals surface area contributed by atoms with Gasteiger partial charge in [0, 0.05) is 24.1 Å². The minimum atomic E-state index is -0.577. The molecule has 0 saturated carbocycles. The summed E-state index contributed by atoms with van der Waals surface area (Å²) in [6, 6.07) is 12.3. The van der Waals surface area contributed by atoms with Gasteiger partial charge in [0.2, 0.25) is 5.91 Å². The Kier molecular flexibility index (Phi) is 3.14. The summed E-state index contributed by atoms with van der Waals surface area (Å²) in [5.74, 6) is 1.77. The van der Waals surface area contributed by atoms with Crippen LogP contribution in [0.15, 0.2) is 46.9 Å². The van der Waals surface area contributed by atoms with Gasteiger partial charge in [-0.2, -0.15) is 0 Å². The van der Waals surface area contributed by atoms with Crippen molar-refractivity contribution < 1.29 is 9.21 Å². The van der Waals surface area contributed by atoms with Crippen LogP contribution >= 0.6 is 0 Å². The number of para-hydroxylation sites is 1. The van der Waals surface area contributed by atoms with Crippen LogP contribution in [0.3, 0.4) is 0 Å². The molecule has 2 aliphatic heterocycles. The number of benzene rings is 1. The Morgan fingerprint density at radius 3 is 2.75 bits per heavy atom. The van der Waals surface area contributed by atoms with Crippen molar-refractivity contribution >= 4 is 17.7 Å². The van der Waals surface area contributed by atoms with E-state index in [4.69, 9.17) is 4.42 Å². The lowest BCUT2D eigenvalue weighted by atomic mass is 9.74. The van der Waals surface area contributed by atoms with Crippen LogP contribution in [0.1, 0.15) is 37.4 Å². The largest absolute Gasteiger partial charge is 0.462 e. The third-order valence-corrected chi connectivity index (χ3v) is 5.39. The summed E-state index contributed by atoms with van der Waals surface area (Å²) in [5, 5.41) is 3.26. The number of rotatable bonds is 2. The van der Waals surface area contributed by atoms with Gasteiger partial charge in [-0.05, 0) is 42.8 Å². The van der Waals surface area contributed by atoms with E-state index < -0.39 is 5.66 Å². The molecule has 0 radical (unpaired) electrons. The molecule has 1 unspecified atom stereocenters. The maximum atomic E-state index is 12.3. The molecule has 24 heavy (non-hydrogen) atoms. The molecule has 1 saturated heterocycles. The Bertz CT molecular complexity index is 834. The number of nitrogens with one attached hydrogen (secondary N) is 1. The van der Waals surface area contributed by atoms with Gasteiger partial charge in [0.25, 0.3) is 0 Å². The van der Waals surface area contributed by atoms with Gasteiger partial charge in [-0.3, -0.25) is 4.79 Å². The van der Waals surface area contributed by atoms with Gasteiger partial charge in [0.15, 0.2) is 0 Å². The molecule has 1 aromatic heterocycles. The molecule has 1 atom stereocenters. The third kappa shape index (κ3) is 1.95. The lowest BCUT2D eigenvalue weighted by molar-refractivity contribution is -0.124. The zero-order valence-electron chi connectivity index (χ0n) is 14.3. The minimum absolute atomic E-state index is 0.0902. The van der Waals surface area contributed by atoms with Crippen molar-refractivity contribution in [3.05, 3.63) is 59.6 Å². The van der Waals surface area contributed by atoms with Crippen LogP contribution in [0.4, 0.5) is 5.69 Å². The Hall–Kier alpha value is -2.49. The van der Waals surface area contributed by atoms with Crippen molar-refractivity contribution in [3.63, 3.8) is 0 Å². The fraction of sp³-hybridized carbons (Fsp3) is 0.350. The van der Waals surface area contributed by atoms with Crippen molar-refractivity contribution in [1.29, 1.82) is 0 Å².